The zero-order valence-electron chi connectivity index (χ0n) is 11.3. The van der Waals surface area contributed by atoms with Gasteiger partial charge in [0.1, 0.15) is 0 Å². The summed E-state index contributed by atoms with van der Waals surface area (Å²) < 4.78 is 140. The van der Waals surface area contributed by atoms with Crippen LogP contribution in [0.3, 0.4) is 0 Å². The lowest BCUT2D eigenvalue weighted by atomic mass is 9.97. The molecule has 0 heterocycles. The number of nitrogens with zero attached hydrogens (tertiary/aromatic N) is 1. The molecule has 4 nitrogen and oxygen atoms in total. The van der Waals surface area contributed by atoms with Crippen LogP contribution in [0.5, 0.6) is 0 Å². The van der Waals surface area contributed by atoms with Gasteiger partial charge in [-0.3, -0.25) is 0 Å². The van der Waals surface area contributed by atoms with Crippen molar-refractivity contribution in [2.45, 2.75) is 24.3 Å². The van der Waals surface area contributed by atoms with Crippen LogP contribution in [0.15, 0.2) is 16.5 Å². The second-order valence-corrected chi connectivity index (χ2v) is 6.09. The molecule has 0 aliphatic carbocycles. The predicted molar refractivity (Wildman–Crippen MR) is 62.2 cm³/mol. The molecule has 1 aromatic rings. The maximum absolute atomic E-state index is 12.9. The van der Waals surface area contributed by atoms with Gasteiger partial charge in [0.2, 0.25) is 0 Å². The summed E-state index contributed by atoms with van der Waals surface area (Å²) in [6.07, 6.45) is -16.6. The van der Waals surface area contributed by atoms with E-state index < -0.39 is 68.7 Å². The van der Waals surface area contributed by atoms with Crippen LogP contribution in [0, 0.1) is 0 Å². The smallest absolute Gasteiger partial charge is 0.210 e. The van der Waals surface area contributed by atoms with Crippen LogP contribution in [-0.4, -0.2) is 14.5 Å². The Morgan fingerprint density at radius 3 is 1.52 bits per heavy atom. The van der Waals surface area contributed by atoms with Crippen molar-refractivity contribution in [1.82, 2.24) is 0 Å². The Hall–Kier alpha value is -2.08. The molecule has 140 valence electrons. The van der Waals surface area contributed by atoms with E-state index >= 15 is 0 Å². The molecule has 0 spiro atoms. The summed E-state index contributed by atoms with van der Waals surface area (Å²) >= 11 is 0. The van der Waals surface area contributed by atoms with Crippen LogP contribution in [-0.2, 0) is 39.1 Å². The minimum absolute atomic E-state index is 0.425. The summed E-state index contributed by atoms with van der Waals surface area (Å²) in [5.41, 5.74) is -9.20. The SMILES string of the molecule is O=C=NS(=O)(=O)Cc1c(C(F)(F)F)cc(C(F)(F)F)cc1C(F)(F)F. The fourth-order valence-electron chi connectivity index (χ4n) is 1.77. The topological polar surface area (TPSA) is 63.6 Å². The first kappa shape index (κ1) is 21.0. The molecule has 0 radical (unpaired) electrons. The molecule has 0 saturated carbocycles. The Bertz CT molecular complexity index is 780. The maximum atomic E-state index is 12.9. The highest BCUT2D eigenvalue weighted by molar-refractivity contribution is 7.89. The number of rotatable bonds is 3. The van der Waals surface area contributed by atoms with Gasteiger partial charge < -0.3 is 0 Å². The maximum Gasteiger partial charge on any atom is 0.416 e. The van der Waals surface area contributed by atoms with Crippen LogP contribution < -0.4 is 0 Å². The van der Waals surface area contributed by atoms with Crippen molar-refractivity contribution in [3.63, 3.8) is 0 Å². The van der Waals surface area contributed by atoms with Gasteiger partial charge in [0, 0.05) is 0 Å². The molecular weight excluding hydrogens is 397 g/mol. The third kappa shape index (κ3) is 5.19. The zero-order chi connectivity index (χ0) is 19.8. The molecule has 0 unspecified atom stereocenters. The van der Waals surface area contributed by atoms with Crippen molar-refractivity contribution in [2.24, 2.45) is 4.40 Å². The van der Waals surface area contributed by atoms with Gasteiger partial charge in [0.15, 0.2) is 0 Å². The third-order valence-corrected chi connectivity index (χ3v) is 3.70. The molecule has 0 amide bonds. The molecule has 0 aromatic heterocycles. The van der Waals surface area contributed by atoms with Crippen LogP contribution in [0.2, 0.25) is 0 Å². The molecule has 14 heteroatoms. The van der Waals surface area contributed by atoms with Crippen molar-refractivity contribution in [2.75, 3.05) is 0 Å². The molecule has 0 aliphatic heterocycles. The molecule has 0 aliphatic rings. The molecular formula is C11H4F9NO3S. The first-order valence-electron chi connectivity index (χ1n) is 5.69. The van der Waals surface area contributed by atoms with Gasteiger partial charge in [-0.15, -0.1) is 0 Å². The number of halogens is 9. The number of carbonyl (C=O) groups excluding carboxylic acids is 1. The summed E-state index contributed by atoms with van der Waals surface area (Å²) in [6, 6.07) is -1.30. The Labute approximate surface area is 133 Å². The van der Waals surface area contributed by atoms with Gasteiger partial charge in [0.25, 0.3) is 16.1 Å². The normalized spacial score (nSPS) is 13.5. The fraction of sp³-hybridized carbons (Fsp3) is 0.364. The first-order valence-corrected chi connectivity index (χ1v) is 7.30. The number of benzene rings is 1. The molecule has 1 rings (SSSR count). The van der Waals surface area contributed by atoms with Crippen LogP contribution in [0.25, 0.3) is 0 Å². The second kappa shape index (κ2) is 6.33. The summed E-state index contributed by atoms with van der Waals surface area (Å²) in [7, 11) is -5.18. The number of hydrogen-bond acceptors (Lipinski definition) is 3. The van der Waals surface area contributed by atoms with Crippen molar-refractivity contribution in [3.05, 3.63) is 34.4 Å². The highest BCUT2D eigenvalue weighted by Gasteiger charge is 2.45. The Balaban J connectivity index is 3.92. The number of alkyl halides is 9. The lowest BCUT2D eigenvalue weighted by molar-refractivity contribution is -0.149. The minimum atomic E-state index is -5.74. The number of hydrogen-bond donors (Lipinski definition) is 0. The predicted octanol–water partition coefficient (Wildman–Crippen LogP) is 3.91. The van der Waals surface area contributed by atoms with E-state index in [0.717, 1.165) is 0 Å². The summed E-state index contributed by atoms with van der Waals surface area (Å²) in [5, 5.41) is 0. The number of sulfonamides is 1. The Kier molecular flexibility index (Phi) is 5.31. The van der Waals surface area contributed by atoms with E-state index in [2.05, 4.69) is 4.40 Å². The lowest BCUT2D eigenvalue weighted by Gasteiger charge is -2.20. The quantitative estimate of drug-likeness (QED) is 0.438. The average molecular weight is 401 g/mol. The van der Waals surface area contributed by atoms with Crippen molar-refractivity contribution >= 4 is 16.1 Å². The molecule has 25 heavy (non-hydrogen) atoms. The Morgan fingerprint density at radius 1 is 0.840 bits per heavy atom. The molecule has 0 bridgehead atoms. The van der Waals surface area contributed by atoms with E-state index in [-0.39, 0.29) is 0 Å². The van der Waals surface area contributed by atoms with Crippen LogP contribution in [0.4, 0.5) is 39.5 Å². The minimum Gasteiger partial charge on any atom is -0.210 e. The molecule has 0 N–H and O–H groups in total. The molecule has 0 fully saturated rings. The molecule has 0 saturated heterocycles. The Morgan fingerprint density at radius 2 is 1.24 bits per heavy atom. The van der Waals surface area contributed by atoms with E-state index in [1.54, 1.807) is 0 Å². The van der Waals surface area contributed by atoms with Gasteiger partial charge in [-0.25, -0.2) is 13.2 Å². The van der Waals surface area contributed by atoms with Crippen molar-refractivity contribution in [1.29, 1.82) is 0 Å². The van der Waals surface area contributed by atoms with Crippen LogP contribution in [0.1, 0.15) is 22.3 Å². The monoisotopic (exact) mass is 401 g/mol. The molecule has 1 aromatic carbocycles. The van der Waals surface area contributed by atoms with E-state index in [4.69, 9.17) is 0 Å². The van der Waals surface area contributed by atoms with Gasteiger partial charge in [-0.05, 0) is 17.7 Å². The summed E-state index contributed by atoms with van der Waals surface area (Å²) in [5.74, 6) is -2.09. The van der Waals surface area contributed by atoms with Gasteiger partial charge >= 0.3 is 18.5 Å². The second-order valence-electron chi connectivity index (χ2n) is 4.45. The lowest BCUT2D eigenvalue weighted by Crippen LogP contribution is -2.21. The number of isocyanates is 1. The van der Waals surface area contributed by atoms with Crippen LogP contribution >= 0.6 is 0 Å². The highest BCUT2D eigenvalue weighted by atomic mass is 32.2. The van der Waals surface area contributed by atoms with E-state index in [1.807, 2.05) is 0 Å². The largest absolute Gasteiger partial charge is 0.416 e. The van der Waals surface area contributed by atoms with E-state index in [0.29, 0.717) is 6.08 Å². The summed E-state index contributed by atoms with van der Waals surface area (Å²) in [4.78, 5) is 9.90. The standard InChI is InChI=1S/C11H4F9NO3S/c12-9(13,14)5-1-7(10(15,16)17)6(3-25(23,24)21-4-22)8(2-5)11(18,19)20/h1-2H,3H2. The summed E-state index contributed by atoms with van der Waals surface area (Å²) in [6.45, 7) is 0. The zero-order valence-corrected chi connectivity index (χ0v) is 12.2. The highest BCUT2D eigenvalue weighted by Crippen LogP contribution is 2.44. The van der Waals surface area contributed by atoms with Crippen molar-refractivity contribution < 1.29 is 52.7 Å². The van der Waals surface area contributed by atoms with Gasteiger partial charge in [-0.1, -0.05) is 4.40 Å². The van der Waals surface area contributed by atoms with Gasteiger partial charge in [0.05, 0.1) is 22.4 Å². The fourth-order valence-corrected chi connectivity index (χ4v) is 2.62. The first-order chi connectivity index (χ1) is 11.0. The molecule has 0 atom stereocenters. The average Bonchev–Trinajstić information content (AvgIpc) is 2.33. The van der Waals surface area contributed by atoms with Gasteiger partial charge in [-0.2, -0.15) is 39.5 Å². The van der Waals surface area contributed by atoms with E-state index in [9.17, 15) is 52.7 Å². The van der Waals surface area contributed by atoms with Crippen molar-refractivity contribution in [3.8, 4) is 0 Å². The van der Waals surface area contributed by atoms with E-state index in [1.165, 1.54) is 0 Å². The third-order valence-electron chi connectivity index (χ3n) is 2.69.